The van der Waals surface area contributed by atoms with E-state index in [-0.39, 0.29) is 28.4 Å². The minimum absolute atomic E-state index is 0.0632. The quantitative estimate of drug-likeness (QED) is 0.419. The Morgan fingerprint density at radius 2 is 1.80 bits per heavy atom. The molecule has 7 nitrogen and oxygen atoms in total. The minimum atomic E-state index is -1.33. The average Bonchev–Trinajstić information content (AvgIpc) is 3.67. The van der Waals surface area contributed by atoms with Gasteiger partial charge in [-0.3, -0.25) is 19.3 Å². The number of carbonyl (C=O) groups is 3. The zero-order chi connectivity index (χ0) is 28.6. The van der Waals surface area contributed by atoms with Crippen molar-refractivity contribution >= 4 is 52.3 Å². The van der Waals surface area contributed by atoms with Crippen LogP contribution in [0.3, 0.4) is 0 Å². The van der Waals surface area contributed by atoms with Gasteiger partial charge < -0.3 is 16.0 Å². The Bertz CT molecular complexity index is 1610. The number of nitrogens with zero attached hydrogens (tertiary/aromatic N) is 2. The fourth-order valence-corrected chi connectivity index (χ4v) is 7.65. The lowest BCUT2D eigenvalue weighted by Gasteiger charge is -2.40. The number of fused-ring (bicyclic) bond motifs is 3. The lowest BCUT2D eigenvalue weighted by atomic mass is 9.70. The first-order valence-electron chi connectivity index (χ1n) is 13.7. The number of carbonyl (C=O) groups excluding carboxylic acids is 3. The van der Waals surface area contributed by atoms with Gasteiger partial charge in [0, 0.05) is 52.6 Å². The van der Waals surface area contributed by atoms with Crippen LogP contribution in [-0.2, 0) is 15.1 Å². The van der Waals surface area contributed by atoms with Gasteiger partial charge in [0.15, 0.2) is 0 Å². The number of hydrogen-bond acceptors (Lipinski definition) is 4. The Kier molecular flexibility index (Phi) is 6.15. The number of anilines is 2. The lowest BCUT2D eigenvalue weighted by molar-refractivity contribution is -0.128. The predicted octanol–water partition coefficient (Wildman–Crippen LogP) is 5.31. The highest BCUT2D eigenvalue weighted by molar-refractivity contribution is 6.31. The zero-order valence-corrected chi connectivity index (χ0v) is 23.5. The molecule has 0 unspecified atom stereocenters. The van der Waals surface area contributed by atoms with Crippen molar-refractivity contribution in [3.8, 4) is 0 Å². The average molecular weight is 593 g/mol. The molecule has 10 heteroatoms. The van der Waals surface area contributed by atoms with Crippen molar-refractivity contribution in [1.29, 1.82) is 0 Å². The van der Waals surface area contributed by atoms with Gasteiger partial charge in [-0.05, 0) is 73.2 Å². The van der Waals surface area contributed by atoms with Gasteiger partial charge in [-0.25, -0.2) is 4.39 Å². The zero-order valence-electron chi connectivity index (χ0n) is 21.9. The van der Waals surface area contributed by atoms with Gasteiger partial charge in [0.25, 0.3) is 0 Å². The molecule has 3 fully saturated rings. The van der Waals surface area contributed by atoms with Crippen LogP contribution in [0.2, 0.25) is 10.0 Å². The topological polar surface area (TPSA) is 95.7 Å². The van der Waals surface area contributed by atoms with Crippen molar-refractivity contribution in [1.82, 2.24) is 4.90 Å². The first-order valence-corrected chi connectivity index (χ1v) is 14.5. The van der Waals surface area contributed by atoms with E-state index in [0.717, 1.165) is 12.8 Å². The smallest absolute Gasteiger partial charge is 0.250 e. The number of rotatable bonds is 5. The second-order valence-corrected chi connectivity index (χ2v) is 12.3. The Morgan fingerprint density at radius 1 is 1.05 bits per heavy atom. The van der Waals surface area contributed by atoms with Crippen LogP contribution in [0.15, 0.2) is 60.7 Å². The second-order valence-electron chi connectivity index (χ2n) is 11.4. The maximum atomic E-state index is 16.0. The molecular formula is C31H27Cl2FN4O3. The molecule has 0 aromatic heterocycles. The Balaban J connectivity index is 1.43. The third-order valence-electron chi connectivity index (χ3n) is 9.20. The molecule has 1 spiro atoms. The highest BCUT2D eigenvalue weighted by Crippen LogP contribution is 2.62. The van der Waals surface area contributed by atoms with Crippen molar-refractivity contribution in [3.63, 3.8) is 0 Å². The number of amides is 3. The van der Waals surface area contributed by atoms with Crippen molar-refractivity contribution in [2.24, 2.45) is 17.6 Å². The molecule has 0 bridgehead atoms. The molecule has 3 aromatic rings. The number of likely N-dealkylation sites (tertiary alicyclic amines) is 1. The van der Waals surface area contributed by atoms with Gasteiger partial charge in [-0.15, -0.1) is 0 Å². The van der Waals surface area contributed by atoms with Gasteiger partial charge in [-0.1, -0.05) is 41.4 Å². The summed E-state index contributed by atoms with van der Waals surface area (Å²) in [5.41, 5.74) is 6.54. The first-order chi connectivity index (χ1) is 19.7. The standard InChI is InChI=1S/C31H27Cl2FN4O3/c32-18-8-11-21-23(14-18)36-30(41)31(21)26(20-2-1-3-22(33)27(20)34)25-24(38(31)15-16-4-5-16)12-13-37(29(25)40)19-9-6-17(7-10-19)28(35)39/h1-3,6-11,14,16,24-26H,4-5,12-13,15H2,(H2,35,39)(H,36,41)/t24-,25+,26-,31+/m0/s1. The number of nitrogens with two attached hydrogens (primary N) is 1. The molecule has 1 saturated carbocycles. The largest absolute Gasteiger partial charge is 0.366 e. The maximum absolute atomic E-state index is 16.0. The number of primary amides is 1. The molecular weight excluding hydrogens is 566 g/mol. The van der Waals surface area contributed by atoms with Crippen LogP contribution in [0.5, 0.6) is 0 Å². The molecule has 2 saturated heterocycles. The van der Waals surface area contributed by atoms with E-state index in [0.29, 0.717) is 53.0 Å². The Morgan fingerprint density at radius 3 is 2.51 bits per heavy atom. The molecule has 210 valence electrons. The number of nitrogens with one attached hydrogen (secondary N) is 1. The van der Waals surface area contributed by atoms with Crippen LogP contribution in [0.4, 0.5) is 15.8 Å². The summed E-state index contributed by atoms with van der Waals surface area (Å²) in [4.78, 5) is 44.4. The second kappa shape index (κ2) is 9.54. The van der Waals surface area contributed by atoms with Crippen LogP contribution in [-0.4, -0.2) is 41.8 Å². The van der Waals surface area contributed by atoms with Crippen molar-refractivity contribution in [2.45, 2.75) is 36.8 Å². The first kappa shape index (κ1) is 26.4. The van der Waals surface area contributed by atoms with Crippen molar-refractivity contribution in [2.75, 3.05) is 23.3 Å². The van der Waals surface area contributed by atoms with E-state index in [9.17, 15) is 14.4 Å². The number of piperidine rings is 1. The van der Waals surface area contributed by atoms with Gasteiger partial charge in [0.1, 0.15) is 11.4 Å². The fourth-order valence-electron chi connectivity index (χ4n) is 7.30. The SMILES string of the molecule is NC(=O)c1ccc(N2CC[C@H]3[C@@H](C2=O)[C@H](c2cccc(Cl)c2F)[C@]2(C(=O)Nc4cc(Cl)ccc42)N3CC2CC2)cc1. The highest BCUT2D eigenvalue weighted by atomic mass is 35.5. The molecule has 3 heterocycles. The molecule has 3 aliphatic heterocycles. The van der Waals surface area contributed by atoms with Crippen LogP contribution in [0.1, 0.15) is 46.7 Å². The van der Waals surface area contributed by atoms with E-state index in [4.69, 9.17) is 28.9 Å². The lowest BCUT2D eigenvalue weighted by Crippen LogP contribution is -2.54. The van der Waals surface area contributed by atoms with Crippen LogP contribution >= 0.6 is 23.2 Å². The van der Waals surface area contributed by atoms with Crippen molar-refractivity contribution in [3.05, 3.63) is 93.2 Å². The molecule has 7 rings (SSSR count). The third kappa shape index (κ3) is 3.91. The summed E-state index contributed by atoms with van der Waals surface area (Å²) in [6, 6.07) is 16.3. The summed E-state index contributed by atoms with van der Waals surface area (Å²) in [6.07, 6.45) is 2.67. The van der Waals surface area contributed by atoms with E-state index < -0.39 is 29.1 Å². The molecule has 1 aliphatic carbocycles. The van der Waals surface area contributed by atoms with E-state index in [1.54, 1.807) is 53.4 Å². The minimum Gasteiger partial charge on any atom is -0.366 e. The third-order valence-corrected chi connectivity index (χ3v) is 9.72. The van der Waals surface area contributed by atoms with Gasteiger partial charge in [0.2, 0.25) is 17.7 Å². The van der Waals surface area contributed by atoms with Crippen LogP contribution < -0.4 is 16.0 Å². The van der Waals surface area contributed by atoms with E-state index in [2.05, 4.69) is 10.2 Å². The normalized spacial score (nSPS) is 27.2. The summed E-state index contributed by atoms with van der Waals surface area (Å²) >= 11 is 12.6. The van der Waals surface area contributed by atoms with Crippen LogP contribution in [0, 0.1) is 17.7 Å². The highest BCUT2D eigenvalue weighted by Gasteiger charge is 2.70. The molecule has 4 aliphatic rings. The number of benzene rings is 3. The number of hydrogen-bond donors (Lipinski definition) is 2. The van der Waals surface area contributed by atoms with E-state index in [1.165, 1.54) is 6.07 Å². The summed E-state index contributed by atoms with van der Waals surface area (Å²) in [5, 5.41) is 3.43. The van der Waals surface area contributed by atoms with Gasteiger partial charge >= 0.3 is 0 Å². The summed E-state index contributed by atoms with van der Waals surface area (Å²) in [6.45, 7) is 1.03. The fraction of sp³-hybridized carbons (Fsp3) is 0.323. The van der Waals surface area contributed by atoms with E-state index >= 15 is 4.39 Å². The predicted molar refractivity (Wildman–Crippen MR) is 155 cm³/mol. The molecule has 0 radical (unpaired) electrons. The molecule has 3 N–H and O–H groups in total. The number of halogens is 3. The summed E-state index contributed by atoms with van der Waals surface area (Å²) in [7, 11) is 0. The molecule has 41 heavy (non-hydrogen) atoms. The Labute approximate surface area is 246 Å². The van der Waals surface area contributed by atoms with Crippen LogP contribution in [0.25, 0.3) is 0 Å². The maximum Gasteiger partial charge on any atom is 0.250 e. The summed E-state index contributed by atoms with van der Waals surface area (Å²) < 4.78 is 16.0. The van der Waals surface area contributed by atoms with Gasteiger partial charge in [-0.2, -0.15) is 0 Å². The van der Waals surface area contributed by atoms with E-state index in [1.807, 2.05) is 6.07 Å². The van der Waals surface area contributed by atoms with Gasteiger partial charge in [0.05, 0.1) is 10.9 Å². The monoisotopic (exact) mass is 592 g/mol. The molecule has 3 amide bonds. The summed E-state index contributed by atoms with van der Waals surface area (Å²) in [5.74, 6) is -2.88. The molecule has 4 atom stereocenters. The Hall–Kier alpha value is -3.46. The molecule has 3 aromatic carbocycles. The van der Waals surface area contributed by atoms with Crippen molar-refractivity contribution < 1.29 is 18.8 Å².